The Morgan fingerprint density at radius 2 is 2.16 bits per heavy atom. The second kappa shape index (κ2) is 4.64. The minimum Gasteiger partial charge on any atom is -0.392 e. The Hall–Kier alpha value is -1.92. The molecule has 0 aromatic heterocycles. The Morgan fingerprint density at radius 1 is 1.37 bits per heavy atom. The number of rotatable bonds is 1. The van der Waals surface area contributed by atoms with Gasteiger partial charge in [-0.25, -0.2) is 0 Å². The number of β-amino-alcohol motifs (C(OH)–C–C–N with tert-alkyl or cyclic N) is 1. The molecule has 6 heteroatoms. The van der Waals surface area contributed by atoms with Crippen LogP contribution in [0.1, 0.15) is 6.42 Å². The molecule has 0 radical (unpaired) electrons. The first-order chi connectivity index (χ1) is 9.15. The predicted molar refractivity (Wildman–Crippen MR) is 69.8 cm³/mol. The minimum absolute atomic E-state index is 0.0180. The molecule has 1 fully saturated rings. The van der Waals surface area contributed by atoms with Gasteiger partial charge >= 0.3 is 0 Å². The molecule has 100 valence electrons. The lowest BCUT2D eigenvalue weighted by atomic mass is 10.1. The summed E-state index contributed by atoms with van der Waals surface area (Å²) < 4.78 is 0. The number of nitrogens with zero attached hydrogens (tertiary/aromatic N) is 1. The fourth-order valence-electron chi connectivity index (χ4n) is 2.52. The van der Waals surface area contributed by atoms with E-state index in [2.05, 4.69) is 10.6 Å². The molecule has 2 heterocycles. The zero-order chi connectivity index (χ0) is 13.4. The summed E-state index contributed by atoms with van der Waals surface area (Å²) >= 11 is 0. The number of fused-ring (bicyclic) bond motifs is 1. The maximum atomic E-state index is 12.4. The van der Waals surface area contributed by atoms with E-state index in [1.165, 1.54) is 4.90 Å². The van der Waals surface area contributed by atoms with E-state index >= 15 is 0 Å². The van der Waals surface area contributed by atoms with Crippen LogP contribution >= 0.6 is 0 Å². The summed E-state index contributed by atoms with van der Waals surface area (Å²) in [5.41, 5.74) is 1.35. The molecule has 3 N–H and O–H groups in total. The van der Waals surface area contributed by atoms with Gasteiger partial charge in [0.25, 0.3) is 0 Å². The fraction of sp³-hybridized carbons (Fsp3) is 0.385. The van der Waals surface area contributed by atoms with Gasteiger partial charge in [-0.1, -0.05) is 12.1 Å². The molecule has 1 saturated heterocycles. The standard InChI is InChI=1S/C13H15N3O3/c17-8-5-10(14-6-8)13(19)16-7-12(18)15-9-3-1-2-4-11(9)16/h1-4,8,10,14,17H,5-7H2,(H,15,18). The number of amides is 2. The van der Waals surface area contributed by atoms with Gasteiger partial charge in [-0.3, -0.25) is 14.5 Å². The van der Waals surface area contributed by atoms with E-state index < -0.39 is 12.1 Å². The summed E-state index contributed by atoms with van der Waals surface area (Å²) in [5, 5.41) is 15.2. The Balaban J connectivity index is 1.88. The topological polar surface area (TPSA) is 81.7 Å². The van der Waals surface area contributed by atoms with Crippen molar-refractivity contribution < 1.29 is 14.7 Å². The molecule has 2 unspecified atom stereocenters. The molecule has 2 amide bonds. The van der Waals surface area contributed by atoms with Gasteiger partial charge in [0.15, 0.2) is 0 Å². The lowest BCUT2D eigenvalue weighted by Crippen LogP contribution is -2.49. The summed E-state index contributed by atoms with van der Waals surface area (Å²) in [6.07, 6.45) is -0.109. The van der Waals surface area contributed by atoms with Crippen molar-refractivity contribution in [3.8, 4) is 0 Å². The quantitative estimate of drug-likeness (QED) is 0.648. The molecule has 3 rings (SSSR count). The largest absolute Gasteiger partial charge is 0.392 e. The normalized spacial score (nSPS) is 25.9. The number of nitrogens with one attached hydrogen (secondary N) is 2. The average molecular weight is 261 g/mol. The molecule has 0 saturated carbocycles. The van der Waals surface area contributed by atoms with Gasteiger partial charge in [0.2, 0.25) is 11.8 Å². The van der Waals surface area contributed by atoms with Gasteiger partial charge < -0.3 is 15.7 Å². The molecule has 0 spiro atoms. The molecule has 2 aliphatic heterocycles. The summed E-state index contributed by atoms with van der Waals surface area (Å²) in [5.74, 6) is -0.371. The second-order valence-electron chi connectivity index (χ2n) is 4.84. The van der Waals surface area contributed by atoms with Crippen LogP contribution in [-0.2, 0) is 9.59 Å². The van der Waals surface area contributed by atoms with Crippen LogP contribution in [0.2, 0.25) is 0 Å². The predicted octanol–water partition coefficient (Wildman–Crippen LogP) is -0.306. The molecule has 6 nitrogen and oxygen atoms in total. The van der Waals surface area contributed by atoms with Crippen LogP contribution in [0.25, 0.3) is 0 Å². The molecular formula is C13H15N3O3. The van der Waals surface area contributed by atoms with Gasteiger partial charge in [0, 0.05) is 6.54 Å². The van der Waals surface area contributed by atoms with Gasteiger partial charge in [0.1, 0.15) is 6.54 Å². The van der Waals surface area contributed by atoms with Crippen molar-refractivity contribution in [3.63, 3.8) is 0 Å². The Labute approximate surface area is 110 Å². The van der Waals surface area contributed by atoms with Crippen molar-refractivity contribution in [1.29, 1.82) is 0 Å². The number of aliphatic hydroxyl groups is 1. The highest BCUT2D eigenvalue weighted by molar-refractivity contribution is 6.11. The van der Waals surface area contributed by atoms with E-state index in [0.29, 0.717) is 24.3 Å². The van der Waals surface area contributed by atoms with E-state index in [4.69, 9.17) is 0 Å². The zero-order valence-corrected chi connectivity index (χ0v) is 10.3. The Kier molecular flexibility index (Phi) is 2.96. The van der Waals surface area contributed by atoms with Crippen LogP contribution in [0.15, 0.2) is 24.3 Å². The first-order valence-electron chi connectivity index (χ1n) is 6.27. The number of benzene rings is 1. The maximum Gasteiger partial charge on any atom is 0.244 e. The molecule has 2 aliphatic rings. The van der Waals surface area contributed by atoms with E-state index in [9.17, 15) is 14.7 Å². The highest BCUT2D eigenvalue weighted by atomic mass is 16.3. The lowest BCUT2D eigenvalue weighted by molar-refractivity contribution is -0.123. The molecule has 1 aromatic carbocycles. The van der Waals surface area contributed by atoms with Crippen molar-refractivity contribution in [2.45, 2.75) is 18.6 Å². The summed E-state index contributed by atoms with van der Waals surface area (Å²) in [6.45, 7) is 0.433. The van der Waals surface area contributed by atoms with Crippen molar-refractivity contribution in [2.75, 3.05) is 23.3 Å². The fourth-order valence-corrected chi connectivity index (χ4v) is 2.52. The number of para-hydroxylation sites is 2. The van der Waals surface area contributed by atoms with Crippen LogP contribution in [-0.4, -0.2) is 42.2 Å². The Bertz CT molecular complexity index is 532. The van der Waals surface area contributed by atoms with E-state index in [1.807, 2.05) is 12.1 Å². The van der Waals surface area contributed by atoms with Gasteiger partial charge in [0.05, 0.1) is 23.5 Å². The van der Waals surface area contributed by atoms with E-state index in [1.54, 1.807) is 12.1 Å². The number of aliphatic hydroxyl groups excluding tert-OH is 1. The number of hydrogen-bond acceptors (Lipinski definition) is 4. The van der Waals surface area contributed by atoms with Crippen molar-refractivity contribution in [1.82, 2.24) is 5.32 Å². The van der Waals surface area contributed by atoms with E-state index in [-0.39, 0.29) is 18.4 Å². The monoisotopic (exact) mass is 261 g/mol. The molecular weight excluding hydrogens is 246 g/mol. The lowest BCUT2D eigenvalue weighted by Gasteiger charge is -2.30. The second-order valence-corrected chi connectivity index (χ2v) is 4.84. The van der Waals surface area contributed by atoms with Crippen molar-refractivity contribution >= 4 is 23.2 Å². The first-order valence-corrected chi connectivity index (χ1v) is 6.27. The summed E-state index contributed by atoms with van der Waals surface area (Å²) in [4.78, 5) is 25.5. The highest BCUT2D eigenvalue weighted by Gasteiger charge is 2.35. The number of anilines is 2. The molecule has 2 atom stereocenters. The first kappa shape index (κ1) is 12.1. The molecule has 0 bridgehead atoms. The third-order valence-electron chi connectivity index (χ3n) is 3.44. The van der Waals surface area contributed by atoms with Gasteiger partial charge in [-0.15, -0.1) is 0 Å². The average Bonchev–Trinajstić information content (AvgIpc) is 2.83. The van der Waals surface area contributed by atoms with Crippen LogP contribution in [0, 0.1) is 0 Å². The molecule has 19 heavy (non-hydrogen) atoms. The number of hydrogen-bond donors (Lipinski definition) is 3. The molecule has 1 aromatic rings. The van der Waals surface area contributed by atoms with Crippen molar-refractivity contribution in [2.24, 2.45) is 0 Å². The van der Waals surface area contributed by atoms with Crippen LogP contribution in [0.3, 0.4) is 0 Å². The third kappa shape index (κ3) is 2.20. The smallest absolute Gasteiger partial charge is 0.244 e. The highest BCUT2D eigenvalue weighted by Crippen LogP contribution is 2.29. The summed E-state index contributed by atoms with van der Waals surface area (Å²) in [6, 6.07) is 6.79. The van der Waals surface area contributed by atoms with Crippen LogP contribution < -0.4 is 15.5 Å². The van der Waals surface area contributed by atoms with E-state index in [0.717, 1.165) is 0 Å². The minimum atomic E-state index is -0.497. The molecule has 0 aliphatic carbocycles. The van der Waals surface area contributed by atoms with Gasteiger partial charge in [-0.05, 0) is 18.6 Å². The third-order valence-corrected chi connectivity index (χ3v) is 3.44. The van der Waals surface area contributed by atoms with Crippen LogP contribution in [0.4, 0.5) is 11.4 Å². The maximum absolute atomic E-state index is 12.4. The zero-order valence-electron chi connectivity index (χ0n) is 10.3. The Morgan fingerprint density at radius 3 is 2.89 bits per heavy atom. The SMILES string of the molecule is O=C1CN(C(=O)C2CC(O)CN2)c2ccccc2N1. The summed E-state index contributed by atoms with van der Waals surface area (Å²) in [7, 11) is 0. The van der Waals surface area contributed by atoms with Crippen molar-refractivity contribution in [3.05, 3.63) is 24.3 Å². The number of carbonyl (C=O) groups excluding carboxylic acids is 2. The number of carbonyl (C=O) groups is 2. The van der Waals surface area contributed by atoms with Gasteiger partial charge in [-0.2, -0.15) is 0 Å². The van der Waals surface area contributed by atoms with Crippen LogP contribution in [0.5, 0.6) is 0 Å².